The molecule has 5 heteroatoms. The van der Waals surface area contributed by atoms with Gasteiger partial charge in [0.05, 0.1) is 16.1 Å². The largest absolute Gasteiger partial charge is 0.368 e. The Kier molecular flexibility index (Phi) is 3.43. The molecule has 2 aromatic carbocycles. The number of anilines is 1. The molecule has 0 spiro atoms. The first-order chi connectivity index (χ1) is 11.2. The van der Waals surface area contributed by atoms with E-state index < -0.39 is 0 Å². The number of rotatable bonds is 1. The molecule has 4 rings (SSSR count). The third-order valence-corrected chi connectivity index (χ3v) is 4.78. The molecule has 0 saturated carbocycles. The molecule has 2 aliphatic rings. The molecule has 0 amide bonds. The van der Waals surface area contributed by atoms with Crippen LogP contribution in [0.1, 0.15) is 31.8 Å². The Morgan fingerprint density at radius 1 is 0.870 bits per heavy atom. The summed E-state index contributed by atoms with van der Waals surface area (Å²) in [6, 6.07) is 10.5. The van der Waals surface area contributed by atoms with Crippen LogP contribution >= 0.6 is 11.6 Å². The van der Waals surface area contributed by atoms with Gasteiger partial charge in [0, 0.05) is 43.0 Å². The molecule has 4 nitrogen and oxygen atoms in total. The van der Waals surface area contributed by atoms with Crippen molar-refractivity contribution in [2.24, 2.45) is 0 Å². The highest BCUT2D eigenvalue weighted by molar-refractivity contribution is 6.39. The van der Waals surface area contributed by atoms with Crippen molar-refractivity contribution in [1.29, 1.82) is 0 Å². The van der Waals surface area contributed by atoms with E-state index >= 15 is 0 Å². The fraction of sp³-hybridized carbons (Fsp3) is 0.222. The van der Waals surface area contributed by atoms with Crippen LogP contribution in [0, 0.1) is 0 Å². The van der Waals surface area contributed by atoms with Gasteiger partial charge in [0.2, 0.25) is 0 Å². The van der Waals surface area contributed by atoms with Crippen molar-refractivity contribution in [3.63, 3.8) is 0 Å². The molecule has 1 heterocycles. The summed E-state index contributed by atoms with van der Waals surface area (Å²) in [5, 5.41) is 3.63. The smallest absolute Gasteiger partial charge is 0.196 e. The lowest BCUT2D eigenvalue weighted by Crippen LogP contribution is -2.44. The minimum absolute atomic E-state index is 0.119. The number of nitrogens with one attached hydrogen (secondary N) is 1. The SMILES string of the molecule is O=C1c2ccccc2C(=O)c2c(N3CCNCC3)ccc(Cl)c21. The van der Waals surface area contributed by atoms with Crippen LogP contribution in [0.3, 0.4) is 0 Å². The maximum Gasteiger partial charge on any atom is 0.196 e. The highest BCUT2D eigenvalue weighted by Gasteiger charge is 2.34. The van der Waals surface area contributed by atoms with Gasteiger partial charge in [0.25, 0.3) is 0 Å². The van der Waals surface area contributed by atoms with Gasteiger partial charge in [-0.05, 0) is 12.1 Å². The molecule has 0 unspecified atom stereocenters. The molecule has 0 aromatic heterocycles. The van der Waals surface area contributed by atoms with Crippen LogP contribution in [0.2, 0.25) is 5.02 Å². The van der Waals surface area contributed by atoms with Crippen LogP contribution in [-0.2, 0) is 0 Å². The number of fused-ring (bicyclic) bond motifs is 2. The fourth-order valence-electron chi connectivity index (χ4n) is 3.34. The van der Waals surface area contributed by atoms with Crippen molar-refractivity contribution in [3.05, 3.63) is 63.7 Å². The van der Waals surface area contributed by atoms with Crippen molar-refractivity contribution in [1.82, 2.24) is 5.32 Å². The normalized spacial score (nSPS) is 17.0. The number of carbonyl (C=O) groups excluding carboxylic acids is 2. The van der Waals surface area contributed by atoms with Crippen LogP contribution < -0.4 is 10.2 Å². The minimum Gasteiger partial charge on any atom is -0.368 e. The van der Waals surface area contributed by atoms with Gasteiger partial charge in [-0.3, -0.25) is 9.59 Å². The first kappa shape index (κ1) is 14.4. The third-order valence-electron chi connectivity index (χ3n) is 4.46. The molecular weight excluding hydrogens is 312 g/mol. The van der Waals surface area contributed by atoms with Crippen molar-refractivity contribution in [2.75, 3.05) is 31.1 Å². The van der Waals surface area contributed by atoms with E-state index in [1.165, 1.54) is 0 Å². The number of hydrogen-bond acceptors (Lipinski definition) is 4. The quantitative estimate of drug-likeness (QED) is 0.746. The molecule has 1 fully saturated rings. The van der Waals surface area contributed by atoms with Crippen molar-refractivity contribution in [3.8, 4) is 0 Å². The summed E-state index contributed by atoms with van der Waals surface area (Å²) < 4.78 is 0. The summed E-state index contributed by atoms with van der Waals surface area (Å²) in [5.41, 5.74) is 2.49. The van der Waals surface area contributed by atoms with E-state index in [2.05, 4.69) is 10.2 Å². The number of piperazine rings is 1. The predicted octanol–water partition coefficient (Wildman–Crippen LogP) is 2.53. The lowest BCUT2D eigenvalue weighted by atomic mass is 9.83. The number of nitrogens with zero attached hydrogens (tertiary/aromatic N) is 1. The second-order valence-electron chi connectivity index (χ2n) is 5.76. The predicted molar refractivity (Wildman–Crippen MR) is 89.8 cm³/mol. The van der Waals surface area contributed by atoms with Crippen LogP contribution in [0.4, 0.5) is 5.69 Å². The summed E-state index contributed by atoms with van der Waals surface area (Å²) in [6.07, 6.45) is 0. The molecule has 0 radical (unpaired) electrons. The van der Waals surface area contributed by atoms with Gasteiger partial charge >= 0.3 is 0 Å². The van der Waals surface area contributed by atoms with Crippen LogP contribution in [0.5, 0.6) is 0 Å². The van der Waals surface area contributed by atoms with E-state index in [4.69, 9.17) is 11.6 Å². The maximum atomic E-state index is 13.0. The Morgan fingerprint density at radius 2 is 1.48 bits per heavy atom. The van der Waals surface area contributed by atoms with E-state index in [0.29, 0.717) is 27.3 Å². The van der Waals surface area contributed by atoms with Crippen molar-refractivity contribution >= 4 is 28.9 Å². The number of carbonyl (C=O) groups is 2. The Bertz CT molecular complexity index is 826. The molecule has 0 atom stereocenters. The van der Waals surface area contributed by atoms with Gasteiger partial charge in [-0.1, -0.05) is 35.9 Å². The van der Waals surface area contributed by atoms with Gasteiger partial charge in [-0.2, -0.15) is 0 Å². The minimum atomic E-state index is -0.169. The average Bonchev–Trinajstić information content (AvgIpc) is 2.60. The fourth-order valence-corrected chi connectivity index (χ4v) is 3.58. The second-order valence-corrected chi connectivity index (χ2v) is 6.16. The van der Waals surface area contributed by atoms with Gasteiger partial charge < -0.3 is 10.2 Å². The summed E-state index contributed by atoms with van der Waals surface area (Å²) in [6.45, 7) is 3.32. The highest BCUT2D eigenvalue weighted by Crippen LogP contribution is 2.37. The number of benzene rings is 2. The number of hydrogen-bond donors (Lipinski definition) is 1. The van der Waals surface area contributed by atoms with E-state index in [1.807, 2.05) is 6.07 Å². The van der Waals surface area contributed by atoms with E-state index in [9.17, 15) is 9.59 Å². The topological polar surface area (TPSA) is 49.4 Å². The summed E-state index contributed by atoms with van der Waals surface area (Å²) in [5.74, 6) is -0.289. The van der Waals surface area contributed by atoms with Gasteiger partial charge in [-0.25, -0.2) is 0 Å². The lowest BCUT2D eigenvalue weighted by Gasteiger charge is -2.32. The zero-order valence-corrected chi connectivity index (χ0v) is 13.2. The first-order valence-electron chi connectivity index (χ1n) is 7.65. The molecular formula is C18H15ClN2O2. The molecule has 23 heavy (non-hydrogen) atoms. The average molecular weight is 327 g/mol. The zero-order valence-electron chi connectivity index (χ0n) is 12.4. The van der Waals surface area contributed by atoms with Crippen molar-refractivity contribution < 1.29 is 9.59 Å². The Hall–Kier alpha value is -2.17. The van der Waals surface area contributed by atoms with E-state index in [-0.39, 0.29) is 11.6 Å². The Labute approximate surface area is 139 Å². The molecule has 1 aliphatic carbocycles. The van der Waals surface area contributed by atoms with E-state index in [1.54, 1.807) is 30.3 Å². The standard InChI is InChI=1S/C18H15ClN2O2/c19-13-5-6-14(21-9-7-20-8-10-21)16-15(13)17(22)11-3-1-2-4-12(11)18(16)23/h1-6,20H,7-10H2. The molecule has 1 N–H and O–H groups in total. The number of halogens is 1. The van der Waals surface area contributed by atoms with Crippen LogP contribution in [0.15, 0.2) is 36.4 Å². The Morgan fingerprint density at radius 3 is 2.13 bits per heavy atom. The Balaban J connectivity index is 1.94. The number of ketones is 2. The third kappa shape index (κ3) is 2.18. The van der Waals surface area contributed by atoms with Gasteiger partial charge in [-0.15, -0.1) is 0 Å². The van der Waals surface area contributed by atoms with Crippen LogP contribution in [0.25, 0.3) is 0 Å². The molecule has 116 valence electrons. The maximum absolute atomic E-state index is 13.0. The lowest BCUT2D eigenvalue weighted by molar-refractivity contribution is 0.0979. The molecule has 2 aromatic rings. The van der Waals surface area contributed by atoms with Gasteiger partial charge in [0.15, 0.2) is 11.6 Å². The highest BCUT2D eigenvalue weighted by atomic mass is 35.5. The summed E-state index contributed by atoms with van der Waals surface area (Å²) >= 11 is 6.28. The molecule has 1 aliphatic heterocycles. The molecule has 1 saturated heterocycles. The monoisotopic (exact) mass is 326 g/mol. The van der Waals surface area contributed by atoms with Crippen molar-refractivity contribution in [2.45, 2.75) is 0 Å². The first-order valence-corrected chi connectivity index (χ1v) is 8.03. The second kappa shape index (κ2) is 5.48. The van der Waals surface area contributed by atoms with E-state index in [0.717, 1.165) is 31.9 Å². The zero-order chi connectivity index (χ0) is 16.0. The summed E-state index contributed by atoms with van der Waals surface area (Å²) in [4.78, 5) is 28.0. The molecule has 0 bridgehead atoms. The van der Waals surface area contributed by atoms with Gasteiger partial charge in [0.1, 0.15) is 0 Å². The van der Waals surface area contributed by atoms with Crippen LogP contribution in [-0.4, -0.2) is 37.7 Å². The summed E-state index contributed by atoms with van der Waals surface area (Å²) in [7, 11) is 0.